The minimum absolute atomic E-state index is 0.162. The predicted molar refractivity (Wildman–Crippen MR) is 80.3 cm³/mol. The van der Waals surface area contributed by atoms with Gasteiger partial charge in [-0.1, -0.05) is 0 Å². The predicted octanol–water partition coefficient (Wildman–Crippen LogP) is 3.08. The third-order valence-corrected chi connectivity index (χ3v) is 3.60. The lowest BCUT2D eigenvalue weighted by Crippen LogP contribution is -2.14. The Morgan fingerprint density at radius 3 is 2.58 bits per heavy atom. The Bertz CT molecular complexity index is 604. The number of hydrogen-bond donors (Lipinski definition) is 1. The van der Waals surface area contributed by atoms with Crippen LogP contribution in [0.25, 0.3) is 0 Å². The number of carbonyl (C=O) groups is 1. The lowest BCUT2D eigenvalue weighted by molar-refractivity contribution is 0.102. The zero-order chi connectivity index (χ0) is 14.0. The van der Waals surface area contributed by atoms with Gasteiger partial charge in [-0.2, -0.15) is 0 Å². The van der Waals surface area contributed by atoms with Crippen LogP contribution in [0.3, 0.4) is 0 Å². The SMILES string of the molecule is Cc1nc(C(=O)Nc2ccc(N(C)C)cc2C)cs1. The summed E-state index contributed by atoms with van der Waals surface area (Å²) in [6.07, 6.45) is 0. The Morgan fingerprint density at radius 1 is 1.32 bits per heavy atom. The Hall–Kier alpha value is -1.88. The molecule has 0 fully saturated rings. The van der Waals surface area contributed by atoms with E-state index in [1.165, 1.54) is 11.3 Å². The molecular weight excluding hydrogens is 258 g/mol. The zero-order valence-corrected chi connectivity index (χ0v) is 12.3. The van der Waals surface area contributed by atoms with Gasteiger partial charge in [-0.05, 0) is 37.6 Å². The summed E-state index contributed by atoms with van der Waals surface area (Å²) >= 11 is 1.48. The number of hydrogen-bond acceptors (Lipinski definition) is 4. The average molecular weight is 275 g/mol. The van der Waals surface area contributed by atoms with Crippen molar-refractivity contribution in [3.05, 3.63) is 39.8 Å². The highest BCUT2D eigenvalue weighted by Crippen LogP contribution is 2.22. The van der Waals surface area contributed by atoms with Gasteiger partial charge < -0.3 is 10.2 Å². The second-order valence-electron chi connectivity index (χ2n) is 4.60. The molecule has 1 aromatic carbocycles. The van der Waals surface area contributed by atoms with Crippen LogP contribution in [0.5, 0.6) is 0 Å². The minimum Gasteiger partial charge on any atom is -0.378 e. The average Bonchev–Trinajstić information content (AvgIpc) is 2.78. The summed E-state index contributed by atoms with van der Waals surface area (Å²) in [5.41, 5.74) is 3.44. The molecule has 2 rings (SSSR count). The first-order chi connectivity index (χ1) is 8.97. The maximum absolute atomic E-state index is 12.0. The number of thiazole rings is 1. The van der Waals surface area contributed by atoms with Crippen molar-refractivity contribution in [2.24, 2.45) is 0 Å². The molecule has 0 spiro atoms. The summed E-state index contributed by atoms with van der Waals surface area (Å²) in [6, 6.07) is 5.94. The van der Waals surface area contributed by atoms with Crippen molar-refractivity contribution >= 4 is 28.6 Å². The topological polar surface area (TPSA) is 45.2 Å². The zero-order valence-electron chi connectivity index (χ0n) is 11.5. The molecule has 1 aromatic heterocycles. The normalized spacial score (nSPS) is 10.3. The summed E-state index contributed by atoms with van der Waals surface area (Å²) < 4.78 is 0. The summed E-state index contributed by atoms with van der Waals surface area (Å²) in [4.78, 5) is 18.2. The van der Waals surface area contributed by atoms with Crippen molar-refractivity contribution < 1.29 is 4.79 Å². The number of amides is 1. The monoisotopic (exact) mass is 275 g/mol. The van der Waals surface area contributed by atoms with E-state index in [9.17, 15) is 4.79 Å². The van der Waals surface area contributed by atoms with Gasteiger partial charge in [-0.25, -0.2) is 4.98 Å². The Morgan fingerprint density at radius 2 is 2.05 bits per heavy atom. The third-order valence-electron chi connectivity index (χ3n) is 2.83. The summed E-state index contributed by atoms with van der Waals surface area (Å²) in [5.74, 6) is -0.162. The van der Waals surface area contributed by atoms with Crippen molar-refractivity contribution in [1.29, 1.82) is 0 Å². The molecule has 0 saturated heterocycles. The molecule has 0 unspecified atom stereocenters. The van der Waals surface area contributed by atoms with Gasteiger partial charge in [0.2, 0.25) is 0 Å². The van der Waals surface area contributed by atoms with Crippen LogP contribution < -0.4 is 10.2 Å². The summed E-state index contributed by atoms with van der Waals surface area (Å²) in [5, 5.41) is 5.56. The van der Waals surface area contributed by atoms with E-state index in [1.54, 1.807) is 5.38 Å². The Kier molecular flexibility index (Phi) is 3.85. The van der Waals surface area contributed by atoms with Gasteiger partial charge in [-0.15, -0.1) is 11.3 Å². The third kappa shape index (κ3) is 3.12. The smallest absolute Gasteiger partial charge is 0.275 e. The second-order valence-corrected chi connectivity index (χ2v) is 5.66. The van der Waals surface area contributed by atoms with E-state index in [-0.39, 0.29) is 5.91 Å². The quantitative estimate of drug-likeness (QED) is 0.936. The molecule has 0 radical (unpaired) electrons. The number of anilines is 2. The number of nitrogens with one attached hydrogen (secondary N) is 1. The minimum atomic E-state index is -0.162. The van der Waals surface area contributed by atoms with Gasteiger partial charge in [0.25, 0.3) is 5.91 Å². The van der Waals surface area contributed by atoms with Gasteiger partial charge in [0, 0.05) is 30.9 Å². The first-order valence-corrected chi connectivity index (χ1v) is 6.87. The van der Waals surface area contributed by atoms with Crippen LogP contribution in [0.15, 0.2) is 23.6 Å². The number of benzene rings is 1. The molecule has 1 heterocycles. The van der Waals surface area contributed by atoms with Crippen LogP contribution in [-0.2, 0) is 0 Å². The molecule has 2 aromatic rings. The maximum atomic E-state index is 12.0. The van der Waals surface area contributed by atoms with Crippen molar-refractivity contribution in [3.8, 4) is 0 Å². The van der Waals surface area contributed by atoms with E-state index in [0.29, 0.717) is 5.69 Å². The van der Waals surface area contributed by atoms with Crippen LogP contribution in [0, 0.1) is 13.8 Å². The van der Waals surface area contributed by atoms with Gasteiger partial charge in [-0.3, -0.25) is 4.79 Å². The molecule has 100 valence electrons. The fourth-order valence-electron chi connectivity index (χ4n) is 1.72. The standard InChI is InChI=1S/C14H17N3OS/c1-9-7-11(17(3)4)5-6-12(9)16-14(18)13-8-19-10(2)15-13/h5-8H,1-4H3,(H,16,18). The fourth-order valence-corrected chi connectivity index (χ4v) is 2.31. The van der Waals surface area contributed by atoms with E-state index in [2.05, 4.69) is 10.3 Å². The number of carbonyl (C=O) groups excluding carboxylic acids is 1. The molecule has 0 atom stereocenters. The number of aryl methyl sites for hydroxylation is 2. The molecular formula is C14H17N3OS. The molecule has 0 aliphatic rings. The van der Waals surface area contributed by atoms with Crippen LogP contribution >= 0.6 is 11.3 Å². The van der Waals surface area contributed by atoms with E-state index in [4.69, 9.17) is 0 Å². The summed E-state index contributed by atoms with van der Waals surface area (Å²) in [6.45, 7) is 3.87. The van der Waals surface area contributed by atoms with E-state index < -0.39 is 0 Å². The first kappa shape index (κ1) is 13.5. The second kappa shape index (κ2) is 5.40. The molecule has 1 amide bonds. The van der Waals surface area contributed by atoms with Gasteiger partial charge in [0.15, 0.2) is 0 Å². The molecule has 4 nitrogen and oxygen atoms in total. The van der Waals surface area contributed by atoms with E-state index >= 15 is 0 Å². The van der Waals surface area contributed by atoms with E-state index in [1.807, 2.05) is 51.0 Å². The number of nitrogens with zero attached hydrogens (tertiary/aromatic N) is 2. The van der Waals surface area contributed by atoms with Crippen LogP contribution in [0.4, 0.5) is 11.4 Å². The number of aromatic nitrogens is 1. The highest BCUT2D eigenvalue weighted by atomic mass is 32.1. The van der Waals surface area contributed by atoms with Gasteiger partial charge in [0.1, 0.15) is 5.69 Å². The van der Waals surface area contributed by atoms with Crippen LogP contribution in [0.1, 0.15) is 21.1 Å². The first-order valence-electron chi connectivity index (χ1n) is 5.99. The molecule has 0 aliphatic carbocycles. The van der Waals surface area contributed by atoms with E-state index in [0.717, 1.165) is 21.9 Å². The molecule has 1 N–H and O–H groups in total. The molecule has 5 heteroatoms. The van der Waals surface area contributed by atoms with Crippen molar-refractivity contribution in [2.45, 2.75) is 13.8 Å². The Balaban J connectivity index is 2.17. The highest BCUT2D eigenvalue weighted by Gasteiger charge is 2.11. The maximum Gasteiger partial charge on any atom is 0.275 e. The lowest BCUT2D eigenvalue weighted by Gasteiger charge is -2.15. The Labute approximate surface area is 117 Å². The van der Waals surface area contributed by atoms with Gasteiger partial charge in [0.05, 0.1) is 5.01 Å². The van der Waals surface area contributed by atoms with Crippen LogP contribution in [-0.4, -0.2) is 25.0 Å². The highest BCUT2D eigenvalue weighted by molar-refractivity contribution is 7.09. The molecule has 0 saturated carbocycles. The van der Waals surface area contributed by atoms with Crippen molar-refractivity contribution in [1.82, 2.24) is 4.98 Å². The fraction of sp³-hybridized carbons (Fsp3) is 0.286. The van der Waals surface area contributed by atoms with Crippen molar-refractivity contribution in [3.63, 3.8) is 0 Å². The lowest BCUT2D eigenvalue weighted by atomic mass is 10.1. The molecule has 0 bridgehead atoms. The van der Waals surface area contributed by atoms with Gasteiger partial charge >= 0.3 is 0 Å². The molecule has 19 heavy (non-hydrogen) atoms. The molecule has 0 aliphatic heterocycles. The van der Waals surface area contributed by atoms with Crippen molar-refractivity contribution in [2.75, 3.05) is 24.3 Å². The van der Waals surface area contributed by atoms with Crippen LogP contribution in [0.2, 0.25) is 0 Å². The summed E-state index contributed by atoms with van der Waals surface area (Å²) in [7, 11) is 3.98. The number of rotatable bonds is 3. The largest absolute Gasteiger partial charge is 0.378 e.